The zero-order chi connectivity index (χ0) is 17.8. The molecule has 0 fully saturated rings. The summed E-state index contributed by atoms with van der Waals surface area (Å²) < 4.78 is 2.79. The van der Waals surface area contributed by atoms with Crippen LogP contribution in [0.15, 0.2) is 30.3 Å². The van der Waals surface area contributed by atoms with E-state index in [1.165, 1.54) is 10.8 Å². The predicted molar refractivity (Wildman–Crippen MR) is 103 cm³/mol. The average Bonchev–Trinajstić information content (AvgIpc) is 3.11. The van der Waals surface area contributed by atoms with Crippen LogP contribution in [0, 0.1) is 6.92 Å². The molecule has 2 aromatic heterocycles. The van der Waals surface area contributed by atoms with Gasteiger partial charge in [0.15, 0.2) is 0 Å². The third kappa shape index (κ3) is 4.27. The molecule has 7 heteroatoms. The van der Waals surface area contributed by atoms with Crippen molar-refractivity contribution in [3.8, 4) is 0 Å². The maximum Gasteiger partial charge on any atom is 0.244 e. The lowest BCUT2D eigenvalue weighted by Crippen LogP contribution is -2.22. The van der Waals surface area contributed by atoms with Crippen molar-refractivity contribution in [2.75, 3.05) is 6.54 Å². The van der Waals surface area contributed by atoms with Crippen LogP contribution in [-0.2, 0) is 18.3 Å². The second kappa shape index (κ2) is 7.80. The van der Waals surface area contributed by atoms with Crippen LogP contribution in [-0.4, -0.2) is 27.2 Å². The van der Waals surface area contributed by atoms with Crippen molar-refractivity contribution in [1.82, 2.24) is 20.1 Å². The predicted octanol–water partition coefficient (Wildman–Crippen LogP) is 3.75. The summed E-state index contributed by atoms with van der Waals surface area (Å²) in [5.41, 5.74) is 2.61. The number of halogens is 1. The highest BCUT2D eigenvalue weighted by atomic mass is 35.5. The fourth-order valence-electron chi connectivity index (χ4n) is 2.53. The molecule has 130 valence electrons. The Labute approximate surface area is 155 Å². The standard InChI is InChI=1S/C18H19ClN4OS/c1-12-13(18(19)23(2)22-12)9-10-16(24)20-11-5-8-17-21-14-6-3-4-7-15(14)25-17/h3-4,6-7,9-10H,5,8,11H2,1-2H3,(H,20,24)/b10-9+. The average molecular weight is 375 g/mol. The number of aryl methyl sites for hydroxylation is 3. The van der Waals surface area contributed by atoms with E-state index in [0.29, 0.717) is 11.7 Å². The van der Waals surface area contributed by atoms with Crippen LogP contribution in [0.1, 0.15) is 22.7 Å². The maximum atomic E-state index is 11.9. The van der Waals surface area contributed by atoms with Crippen molar-refractivity contribution in [1.29, 1.82) is 0 Å². The second-order valence-electron chi connectivity index (χ2n) is 5.72. The van der Waals surface area contributed by atoms with Gasteiger partial charge in [0, 0.05) is 31.7 Å². The van der Waals surface area contributed by atoms with Gasteiger partial charge in [-0.2, -0.15) is 5.10 Å². The summed E-state index contributed by atoms with van der Waals surface area (Å²) in [5, 5.41) is 8.72. The summed E-state index contributed by atoms with van der Waals surface area (Å²) >= 11 is 7.84. The van der Waals surface area contributed by atoms with E-state index in [4.69, 9.17) is 11.6 Å². The van der Waals surface area contributed by atoms with Crippen LogP contribution in [0.4, 0.5) is 0 Å². The third-order valence-electron chi connectivity index (χ3n) is 3.80. The monoisotopic (exact) mass is 374 g/mol. The van der Waals surface area contributed by atoms with Crippen molar-refractivity contribution < 1.29 is 4.79 Å². The second-order valence-corrected chi connectivity index (χ2v) is 7.19. The zero-order valence-electron chi connectivity index (χ0n) is 14.1. The van der Waals surface area contributed by atoms with Gasteiger partial charge in [0.25, 0.3) is 0 Å². The first-order valence-electron chi connectivity index (χ1n) is 8.04. The van der Waals surface area contributed by atoms with E-state index in [1.807, 2.05) is 25.1 Å². The van der Waals surface area contributed by atoms with Crippen molar-refractivity contribution in [3.63, 3.8) is 0 Å². The number of nitrogens with one attached hydrogen (secondary N) is 1. The van der Waals surface area contributed by atoms with E-state index >= 15 is 0 Å². The summed E-state index contributed by atoms with van der Waals surface area (Å²) in [6.07, 6.45) is 4.91. The Bertz CT molecular complexity index is 895. The SMILES string of the molecule is Cc1nn(C)c(Cl)c1/C=C/C(=O)NCCCc1nc2ccccc2s1. The molecule has 1 aromatic carbocycles. The lowest BCUT2D eigenvalue weighted by molar-refractivity contribution is -0.116. The first kappa shape index (κ1) is 17.6. The number of carbonyl (C=O) groups excluding carboxylic acids is 1. The summed E-state index contributed by atoms with van der Waals surface area (Å²) in [6.45, 7) is 2.47. The number of para-hydroxylation sites is 1. The first-order valence-corrected chi connectivity index (χ1v) is 9.23. The Kier molecular flexibility index (Phi) is 5.50. The van der Waals surface area contributed by atoms with Gasteiger partial charge >= 0.3 is 0 Å². The Hall–Kier alpha value is -2.18. The van der Waals surface area contributed by atoms with E-state index in [1.54, 1.807) is 29.1 Å². The molecule has 0 aliphatic rings. The molecule has 0 aliphatic heterocycles. The van der Waals surface area contributed by atoms with Crippen LogP contribution in [0.25, 0.3) is 16.3 Å². The highest BCUT2D eigenvalue weighted by Crippen LogP contribution is 2.22. The summed E-state index contributed by atoms with van der Waals surface area (Å²) in [6, 6.07) is 8.11. The lowest BCUT2D eigenvalue weighted by atomic mass is 10.2. The van der Waals surface area contributed by atoms with Gasteiger partial charge < -0.3 is 5.32 Å². The molecule has 0 saturated carbocycles. The molecular weight excluding hydrogens is 356 g/mol. The van der Waals surface area contributed by atoms with Crippen molar-refractivity contribution in [2.24, 2.45) is 7.05 Å². The lowest BCUT2D eigenvalue weighted by Gasteiger charge is -2.00. The first-order chi connectivity index (χ1) is 12.0. The minimum Gasteiger partial charge on any atom is -0.353 e. The number of nitrogens with zero attached hydrogens (tertiary/aromatic N) is 3. The topological polar surface area (TPSA) is 59.8 Å². The molecule has 0 unspecified atom stereocenters. The van der Waals surface area contributed by atoms with E-state index < -0.39 is 0 Å². The fourth-order valence-corrected chi connectivity index (χ4v) is 3.78. The number of rotatable bonds is 6. The minimum absolute atomic E-state index is 0.136. The Balaban J connectivity index is 1.47. The maximum absolute atomic E-state index is 11.9. The van der Waals surface area contributed by atoms with E-state index in [-0.39, 0.29) is 5.91 Å². The molecule has 1 N–H and O–H groups in total. The molecule has 0 radical (unpaired) electrons. The van der Waals surface area contributed by atoms with Gasteiger partial charge in [-0.25, -0.2) is 4.98 Å². The van der Waals surface area contributed by atoms with E-state index in [9.17, 15) is 4.79 Å². The molecule has 1 amide bonds. The summed E-state index contributed by atoms with van der Waals surface area (Å²) in [5.74, 6) is -0.136. The number of carbonyl (C=O) groups is 1. The molecule has 0 spiro atoms. The van der Waals surface area contributed by atoms with Gasteiger partial charge in [-0.1, -0.05) is 23.7 Å². The molecule has 2 heterocycles. The third-order valence-corrected chi connectivity index (χ3v) is 5.35. The van der Waals surface area contributed by atoms with Gasteiger partial charge in [-0.05, 0) is 31.6 Å². The molecule has 0 atom stereocenters. The summed E-state index contributed by atoms with van der Waals surface area (Å²) in [4.78, 5) is 16.5. The number of hydrogen-bond donors (Lipinski definition) is 1. The zero-order valence-corrected chi connectivity index (χ0v) is 15.7. The fraction of sp³-hybridized carbons (Fsp3) is 0.278. The van der Waals surface area contributed by atoms with Gasteiger partial charge in [0.1, 0.15) is 5.15 Å². The quantitative estimate of drug-likeness (QED) is 0.528. The number of benzene rings is 1. The van der Waals surface area contributed by atoms with Crippen LogP contribution in [0.5, 0.6) is 0 Å². The number of aromatic nitrogens is 3. The highest BCUT2D eigenvalue weighted by molar-refractivity contribution is 7.18. The van der Waals surface area contributed by atoms with Crippen LogP contribution in [0.3, 0.4) is 0 Å². The Morgan fingerprint density at radius 1 is 1.40 bits per heavy atom. The minimum atomic E-state index is -0.136. The smallest absolute Gasteiger partial charge is 0.244 e. The molecule has 5 nitrogen and oxygen atoms in total. The molecule has 25 heavy (non-hydrogen) atoms. The van der Waals surface area contributed by atoms with Crippen LogP contribution < -0.4 is 5.32 Å². The normalized spacial score (nSPS) is 11.5. The molecule has 0 saturated heterocycles. The van der Waals surface area contributed by atoms with Gasteiger partial charge in [0.05, 0.1) is 20.9 Å². The van der Waals surface area contributed by atoms with E-state index in [0.717, 1.165) is 34.6 Å². The molecule has 0 aliphatic carbocycles. The number of thiazole rings is 1. The van der Waals surface area contributed by atoms with Gasteiger partial charge in [-0.15, -0.1) is 11.3 Å². The molecule has 3 rings (SSSR count). The highest BCUT2D eigenvalue weighted by Gasteiger charge is 2.08. The largest absolute Gasteiger partial charge is 0.353 e. The van der Waals surface area contributed by atoms with Crippen molar-refractivity contribution >= 4 is 45.1 Å². The molecule has 0 bridgehead atoms. The van der Waals surface area contributed by atoms with Crippen LogP contribution >= 0.6 is 22.9 Å². The Morgan fingerprint density at radius 3 is 2.92 bits per heavy atom. The Morgan fingerprint density at radius 2 is 2.20 bits per heavy atom. The van der Waals surface area contributed by atoms with Crippen LogP contribution in [0.2, 0.25) is 5.15 Å². The van der Waals surface area contributed by atoms with Gasteiger partial charge in [0.2, 0.25) is 5.91 Å². The summed E-state index contributed by atoms with van der Waals surface area (Å²) in [7, 11) is 1.77. The molecule has 3 aromatic rings. The van der Waals surface area contributed by atoms with Crippen molar-refractivity contribution in [2.45, 2.75) is 19.8 Å². The van der Waals surface area contributed by atoms with Crippen molar-refractivity contribution in [3.05, 3.63) is 51.8 Å². The number of hydrogen-bond acceptors (Lipinski definition) is 4. The number of amides is 1. The van der Waals surface area contributed by atoms with E-state index in [2.05, 4.69) is 21.5 Å². The number of fused-ring (bicyclic) bond motifs is 1. The van der Waals surface area contributed by atoms with Gasteiger partial charge in [-0.3, -0.25) is 9.48 Å². The molecular formula is C18H19ClN4OS.